The highest BCUT2D eigenvalue weighted by Gasteiger charge is 2.14. The zero-order chi connectivity index (χ0) is 14.5. The molecule has 2 N–H and O–H groups in total. The molecule has 19 heavy (non-hydrogen) atoms. The summed E-state index contributed by atoms with van der Waals surface area (Å²) >= 11 is 0. The van der Waals surface area contributed by atoms with Crippen molar-refractivity contribution in [2.24, 2.45) is 0 Å². The first-order valence-electron chi connectivity index (χ1n) is 6.07. The maximum absolute atomic E-state index is 11.7. The summed E-state index contributed by atoms with van der Waals surface area (Å²) < 4.78 is 10.5. The number of amides is 1. The van der Waals surface area contributed by atoms with Crippen molar-refractivity contribution in [3.8, 4) is 11.5 Å². The van der Waals surface area contributed by atoms with Crippen molar-refractivity contribution in [2.75, 3.05) is 13.7 Å². The van der Waals surface area contributed by atoms with Crippen molar-refractivity contribution in [3.05, 3.63) is 23.8 Å². The summed E-state index contributed by atoms with van der Waals surface area (Å²) in [5.74, 6) is 0.855. The second-order valence-electron chi connectivity index (χ2n) is 5.22. The molecule has 0 heterocycles. The Hall–Kier alpha value is -1.75. The van der Waals surface area contributed by atoms with Gasteiger partial charge < -0.3 is 19.9 Å². The molecule has 0 aromatic heterocycles. The van der Waals surface area contributed by atoms with Crippen molar-refractivity contribution in [2.45, 2.75) is 32.9 Å². The first-order valence-corrected chi connectivity index (χ1v) is 6.07. The third-order valence-corrected chi connectivity index (χ3v) is 2.32. The van der Waals surface area contributed by atoms with Gasteiger partial charge in [-0.25, -0.2) is 0 Å². The van der Waals surface area contributed by atoms with E-state index in [1.165, 1.54) is 0 Å². The highest BCUT2D eigenvalue weighted by molar-refractivity contribution is 5.78. The molecule has 0 saturated carbocycles. The van der Waals surface area contributed by atoms with E-state index in [0.29, 0.717) is 17.1 Å². The van der Waals surface area contributed by atoms with Crippen molar-refractivity contribution in [3.63, 3.8) is 0 Å². The molecule has 0 unspecified atom stereocenters. The minimum atomic E-state index is -0.297. The maximum Gasteiger partial charge on any atom is 0.258 e. The van der Waals surface area contributed by atoms with Crippen LogP contribution in [0.3, 0.4) is 0 Å². The van der Waals surface area contributed by atoms with Gasteiger partial charge >= 0.3 is 0 Å². The van der Waals surface area contributed by atoms with Crippen LogP contribution in [0.5, 0.6) is 11.5 Å². The third-order valence-electron chi connectivity index (χ3n) is 2.32. The number of hydrogen-bond acceptors (Lipinski definition) is 4. The predicted octanol–water partition coefficient (Wildman–Crippen LogP) is 1.48. The summed E-state index contributed by atoms with van der Waals surface area (Å²) in [6.07, 6.45) is 0. The normalized spacial score (nSPS) is 11.0. The van der Waals surface area contributed by atoms with Crippen LogP contribution in [-0.2, 0) is 11.4 Å². The molecule has 1 aromatic carbocycles. The van der Waals surface area contributed by atoms with Crippen LogP contribution in [0.2, 0.25) is 0 Å². The summed E-state index contributed by atoms with van der Waals surface area (Å²) in [6.45, 7) is 5.44. The fourth-order valence-electron chi connectivity index (χ4n) is 1.52. The van der Waals surface area contributed by atoms with Gasteiger partial charge in [0, 0.05) is 17.2 Å². The van der Waals surface area contributed by atoms with Crippen molar-refractivity contribution in [1.29, 1.82) is 0 Å². The molecule has 0 bridgehead atoms. The van der Waals surface area contributed by atoms with E-state index in [-0.39, 0.29) is 24.7 Å². The van der Waals surface area contributed by atoms with Crippen LogP contribution < -0.4 is 14.8 Å². The summed E-state index contributed by atoms with van der Waals surface area (Å²) in [5, 5.41) is 12.0. The van der Waals surface area contributed by atoms with Crippen LogP contribution in [0.1, 0.15) is 26.3 Å². The summed E-state index contributed by atoms with van der Waals surface area (Å²) in [6, 6.07) is 5.08. The molecule has 0 aliphatic rings. The van der Waals surface area contributed by atoms with Crippen molar-refractivity contribution < 1.29 is 19.4 Å². The number of carbonyl (C=O) groups is 1. The Morgan fingerprint density at radius 2 is 2.05 bits per heavy atom. The Labute approximate surface area is 113 Å². The van der Waals surface area contributed by atoms with Crippen molar-refractivity contribution in [1.82, 2.24) is 5.32 Å². The van der Waals surface area contributed by atoms with Gasteiger partial charge in [-0.15, -0.1) is 0 Å². The van der Waals surface area contributed by atoms with E-state index in [9.17, 15) is 9.90 Å². The van der Waals surface area contributed by atoms with Gasteiger partial charge in [0.1, 0.15) is 11.5 Å². The van der Waals surface area contributed by atoms with E-state index in [1.807, 2.05) is 20.8 Å². The van der Waals surface area contributed by atoms with E-state index in [2.05, 4.69) is 5.32 Å². The van der Waals surface area contributed by atoms with Crippen LogP contribution in [-0.4, -0.2) is 30.3 Å². The average molecular weight is 267 g/mol. The second kappa shape index (κ2) is 6.43. The van der Waals surface area contributed by atoms with Gasteiger partial charge in [-0.2, -0.15) is 0 Å². The minimum absolute atomic E-state index is 0.0998. The molecule has 5 heteroatoms. The van der Waals surface area contributed by atoms with Crippen LogP contribution in [0.15, 0.2) is 18.2 Å². The van der Waals surface area contributed by atoms with Crippen molar-refractivity contribution >= 4 is 5.91 Å². The quantitative estimate of drug-likeness (QED) is 0.848. The third kappa shape index (κ3) is 5.18. The van der Waals surface area contributed by atoms with Gasteiger partial charge in [0.05, 0.1) is 13.7 Å². The fraction of sp³-hybridized carbons (Fsp3) is 0.500. The molecule has 0 fully saturated rings. The van der Waals surface area contributed by atoms with Crippen LogP contribution in [0, 0.1) is 0 Å². The number of benzene rings is 1. The maximum atomic E-state index is 11.7. The molecular formula is C14H21NO4. The SMILES string of the molecule is COc1ccc(CO)c(OCC(=O)NC(C)(C)C)c1. The molecule has 0 aliphatic heterocycles. The largest absolute Gasteiger partial charge is 0.497 e. The lowest BCUT2D eigenvalue weighted by Crippen LogP contribution is -2.43. The summed E-state index contributed by atoms with van der Waals surface area (Å²) in [5.41, 5.74) is 0.318. The molecule has 5 nitrogen and oxygen atoms in total. The highest BCUT2D eigenvalue weighted by atomic mass is 16.5. The number of carbonyl (C=O) groups excluding carboxylic acids is 1. The van der Waals surface area contributed by atoms with E-state index >= 15 is 0 Å². The van der Waals surface area contributed by atoms with Crippen LogP contribution in [0.4, 0.5) is 0 Å². The Kier molecular flexibility index (Phi) is 5.18. The number of aliphatic hydroxyl groups is 1. The molecular weight excluding hydrogens is 246 g/mol. The smallest absolute Gasteiger partial charge is 0.258 e. The average Bonchev–Trinajstić information content (AvgIpc) is 2.33. The second-order valence-corrected chi connectivity index (χ2v) is 5.22. The van der Waals surface area contributed by atoms with Gasteiger partial charge in [0.15, 0.2) is 6.61 Å². The van der Waals surface area contributed by atoms with Gasteiger partial charge in [-0.05, 0) is 32.9 Å². The first-order chi connectivity index (χ1) is 8.85. The monoisotopic (exact) mass is 267 g/mol. The van der Waals surface area contributed by atoms with E-state index < -0.39 is 0 Å². The minimum Gasteiger partial charge on any atom is -0.497 e. The molecule has 1 amide bonds. The van der Waals surface area contributed by atoms with E-state index in [1.54, 1.807) is 25.3 Å². The number of nitrogens with one attached hydrogen (secondary N) is 1. The topological polar surface area (TPSA) is 67.8 Å². The zero-order valence-corrected chi connectivity index (χ0v) is 11.8. The summed E-state index contributed by atoms with van der Waals surface area (Å²) in [7, 11) is 1.55. The molecule has 0 saturated heterocycles. The van der Waals surface area contributed by atoms with Gasteiger partial charge in [-0.1, -0.05) is 0 Å². The van der Waals surface area contributed by atoms with Crippen LogP contribution >= 0.6 is 0 Å². The Morgan fingerprint density at radius 3 is 2.58 bits per heavy atom. The van der Waals surface area contributed by atoms with Gasteiger partial charge in [-0.3, -0.25) is 4.79 Å². The number of aliphatic hydroxyl groups excluding tert-OH is 1. The number of ether oxygens (including phenoxy) is 2. The van der Waals surface area contributed by atoms with Gasteiger partial charge in [0.2, 0.25) is 0 Å². The Morgan fingerprint density at radius 1 is 1.37 bits per heavy atom. The Balaban J connectivity index is 2.68. The first kappa shape index (κ1) is 15.3. The molecule has 0 spiro atoms. The Bertz CT molecular complexity index is 438. The highest BCUT2D eigenvalue weighted by Crippen LogP contribution is 2.24. The van der Waals surface area contributed by atoms with E-state index in [0.717, 1.165) is 0 Å². The molecule has 1 aromatic rings. The molecule has 0 aliphatic carbocycles. The number of hydrogen-bond donors (Lipinski definition) is 2. The standard InChI is InChI=1S/C14H21NO4/c1-14(2,3)15-13(17)9-19-12-7-11(18-4)6-5-10(12)8-16/h5-7,16H,8-9H2,1-4H3,(H,15,17). The molecule has 1 rings (SSSR count). The number of rotatable bonds is 5. The predicted molar refractivity (Wildman–Crippen MR) is 72.3 cm³/mol. The molecule has 0 atom stereocenters. The summed E-state index contributed by atoms with van der Waals surface area (Å²) in [4.78, 5) is 11.7. The lowest BCUT2D eigenvalue weighted by Gasteiger charge is -2.20. The lowest BCUT2D eigenvalue weighted by molar-refractivity contribution is -0.124. The lowest BCUT2D eigenvalue weighted by atomic mass is 10.1. The fourth-order valence-corrected chi connectivity index (χ4v) is 1.52. The van der Waals surface area contributed by atoms with Gasteiger partial charge in [0.25, 0.3) is 5.91 Å². The number of methoxy groups -OCH3 is 1. The van der Waals surface area contributed by atoms with Crippen LogP contribution in [0.25, 0.3) is 0 Å². The van der Waals surface area contributed by atoms with E-state index in [4.69, 9.17) is 9.47 Å². The molecule has 0 radical (unpaired) electrons. The zero-order valence-electron chi connectivity index (χ0n) is 11.8. The molecule has 106 valence electrons.